The minimum Gasteiger partial charge on any atom is -0.396 e. The fourth-order valence-electron chi connectivity index (χ4n) is 2.15. The number of hydrogen-bond donors (Lipinski definition) is 1. The number of rotatable bonds is 5. The number of halogens is 3. The molecule has 1 unspecified atom stereocenters. The van der Waals surface area contributed by atoms with Crippen molar-refractivity contribution in [3.63, 3.8) is 0 Å². The molecule has 4 heteroatoms. The maximum Gasteiger partial charge on any atom is 0.0465 e. The molecule has 20 heavy (non-hydrogen) atoms. The van der Waals surface area contributed by atoms with Crippen molar-refractivity contribution < 1.29 is 5.11 Å². The van der Waals surface area contributed by atoms with E-state index in [9.17, 15) is 5.11 Å². The largest absolute Gasteiger partial charge is 0.396 e. The summed E-state index contributed by atoms with van der Waals surface area (Å²) < 4.78 is 0. The molecular formula is C16H15Cl3O. The average molecular weight is 330 g/mol. The van der Waals surface area contributed by atoms with Gasteiger partial charge in [0.15, 0.2) is 0 Å². The molecule has 0 aliphatic heterocycles. The van der Waals surface area contributed by atoms with Crippen LogP contribution in [0.5, 0.6) is 0 Å². The molecule has 2 rings (SSSR count). The number of benzene rings is 2. The molecule has 1 nitrogen and oxygen atoms in total. The van der Waals surface area contributed by atoms with Gasteiger partial charge in [-0.05, 0) is 54.2 Å². The first-order valence-electron chi connectivity index (χ1n) is 6.37. The summed E-state index contributed by atoms with van der Waals surface area (Å²) in [5.74, 6) is 0.120. The van der Waals surface area contributed by atoms with E-state index in [-0.39, 0.29) is 12.5 Å². The van der Waals surface area contributed by atoms with Gasteiger partial charge in [0.25, 0.3) is 0 Å². The first-order chi connectivity index (χ1) is 9.58. The second-order valence-corrected chi connectivity index (χ2v) is 6.10. The van der Waals surface area contributed by atoms with Crippen molar-refractivity contribution in [3.8, 4) is 0 Å². The van der Waals surface area contributed by atoms with Crippen LogP contribution in [0.4, 0.5) is 0 Å². The summed E-state index contributed by atoms with van der Waals surface area (Å²) in [4.78, 5) is 0. The van der Waals surface area contributed by atoms with Crippen molar-refractivity contribution in [1.82, 2.24) is 0 Å². The molecule has 1 atom stereocenters. The zero-order valence-electron chi connectivity index (χ0n) is 10.8. The quantitative estimate of drug-likeness (QED) is 0.814. The maximum absolute atomic E-state index is 9.55. The standard InChI is InChI=1S/C16H15Cl3O/c17-14-4-1-11(2-5-14)7-12(10-20)8-13-3-6-15(18)9-16(13)19/h1-6,9,12,20H,7-8,10H2. The summed E-state index contributed by atoms with van der Waals surface area (Å²) in [6.07, 6.45) is 1.50. The van der Waals surface area contributed by atoms with Gasteiger partial charge in [-0.3, -0.25) is 0 Å². The zero-order valence-corrected chi connectivity index (χ0v) is 13.1. The van der Waals surface area contributed by atoms with E-state index in [0.717, 1.165) is 29.0 Å². The lowest BCUT2D eigenvalue weighted by molar-refractivity contribution is 0.225. The van der Waals surface area contributed by atoms with E-state index in [0.29, 0.717) is 10.0 Å². The molecule has 2 aromatic carbocycles. The van der Waals surface area contributed by atoms with Crippen LogP contribution in [0.15, 0.2) is 42.5 Å². The Balaban J connectivity index is 2.07. The normalized spacial score (nSPS) is 12.4. The Morgan fingerprint density at radius 2 is 1.50 bits per heavy atom. The SMILES string of the molecule is OCC(Cc1ccc(Cl)cc1)Cc1ccc(Cl)cc1Cl. The summed E-state index contributed by atoms with van der Waals surface area (Å²) in [5.41, 5.74) is 2.16. The monoisotopic (exact) mass is 328 g/mol. The van der Waals surface area contributed by atoms with Gasteiger partial charge in [-0.25, -0.2) is 0 Å². The molecule has 0 amide bonds. The molecule has 0 radical (unpaired) electrons. The zero-order chi connectivity index (χ0) is 14.5. The summed E-state index contributed by atoms with van der Waals surface area (Å²) in [5, 5.41) is 11.5. The van der Waals surface area contributed by atoms with Crippen LogP contribution >= 0.6 is 34.8 Å². The summed E-state index contributed by atoms with van der Waals surface area (Å²) in [7, 11) is 0. The van der Waals surface area contributed by atoms with Crippen molar-refractivity contribution in [2.75, 3.05) is 6.61 Å². The first-order valence-corrected chi connectivity index (χ1v) is 7.51. The van der Waals surface area contributed by atoms with Gasteiger partial charge in [0.1, 0.15) is 0 Å². The fourth-order valence-corrected chi connectivity index (χ4v) is 2.76. The lowest BCUT2D eigenvalue weighted by Crippen LogP contribution is -2.13. The van der Waals surface area contributed by atoms with Crippen LogP contribution in [0.1, 0.15) is 11.1 Å². The van der Waals surface area contributed by atoms with Gasteiger partial charge in [0.2, 0.25) is 0 Å². The highest BCUT2D eigenvalue weighted by Crippen LogP contribution is 2.24. The van der Waals surface area contributed by atoms with E-state index >= 15 is 0 Å². The predicted octanol–water partition coefficient (Wildman–Crippen LogP) is 5.04. The second-order valence-electron chi connectivity index (χ2n) is 4.82. The molecule has 0 saturated heterocycles. The Kier molecular flexibility index (Phi) is 5.74. The third kappa shape index (κ3) is 4.39. The lowest BCUT2D eigenvalue weighted by Gasteiger charge is -2.15. The minimum absolute atomic E-state index is 0.113. The van der Waals surface area contributed by atoms with Crippen LogP contribution in [0.3, 0.4) is 0 Å². The van der Waals surface area contributed by atoms with E-state index in [1.54, 1.807) is 6.07 Å². The topological polar surface area (TPSA) is 20.2 Å². The van der Waals surface area contributed by atoms with Gasteiger partial charge in [0, 0.05) is 21.7 Å². The Hall–Kier alpha value is -0.730. The van der Waals surface area contributed by atoms with E-state index in [4.69, 9.17) is 34.8 Å². The molecule has 2 aromatic rings. The Morgan fingerprint density at radius 1 is 0.850 bits per heavy atom. The molecule has 106 valence electrons. The minimum atomic E-state index is 0.113. The third-order valence-electron chi connectivity index (χ3n) is 3.22. The Labute approximate surface area is 134 Å². The van der Waals surface area contributed by atoms with E-state index in [1.807, 2.05) is 36.4 Å². The van der Waals surface area contributed by atoms with Gasteiger partial charge in [-0.1, -0.05) is 53.0 Å². The van der Waals surface area contributed by atoms with Crippen molar-refractivity contribution in [3.05, 3.63) is 68.7 Å². The molecule has 0 spiro atoms. The first kappa shape index (κ1) is 15.7. The number of hydrogen-bond acceptors (Lipinski definition) is 1. The van der Waals surface area contributed by atoms with Gasteiger partial charge >= 0.3 is 0 Å². The molecule has 0 fully saturated rings. The smallest absolute Gasteiger partial charge is 0.0465 e. The van der Waals surface area contributed by atoms with Gasteiger partial charge in [-0.15, -0.1) is 0 Å². The summed E-state index contributed by atoms with van der Waals surface area (Å²) in [6, 6.07) is 13.1. The van der Waals surface area contributed by atoms with Crippen molar-refractivity contribution in [2.45, 2.75) is 12.8 Å². The van der Waals surface area contributed by atoms with Gasteiger partial charge < -0.3 is 5.11 Å². The summed E-state index contributed by atoms with van der Waals surface area (Å²) in [6.45, 7) is 0.113. The summed E-state index contributed by atoms with van der Waals surface area (Å²) >= 11 is 17.9. The molecule has 0 aliphatic rings. The molecule has 0 heterocycles. The van der Waals surface area contributed by atoms with Gasteiger partial charge in [-0.2, -0.15) is 0 Å². The molecule has 0 aromatic heterocycles. The van der Waals surface area contributed by atoms with Crippen LogP contribution < -0.4 is 0 Å². The third-order valence-corrected chi connectivity index (χ3v) is 4.06. The molecule has 1 N–H and O–H groups in total. The highest BCUT2D eigenvalue weighted by molar-refractivity contribution is 6.35. The highest BCUT2D eigenvalue weighted by atomic mass is 35.5. The van der Waals surface area contributed by atoms with Crippen molar-refractivity contribution in [1.29, 1.82) is 0 Å². The van der Waals surface area contributed by atoms with Gasteiger partial charge in [0.05, 0.1) is 0 Å². The Bertz CT molecular complexity index is 566. The highest BCUT2D eigenvalue weighted by Gasteiger charge is 2.12. The number of aliphatic hydroxyl groups excluding tert-OH is 1. The van der Waals surface area contributed by atoms with E-state index in [1.165, 1.54) is 0 Å². The maximum atomic E-state index is 9.55. The second kappa shape index (κ2) is 7.33. The van der Waals surface area contributed by atoms with Crippen LogP contribution in [-0.2, 0) is 12.8 Å². The molecule has 0 aliphatic carbocycles. The van der Waals surface area contributed by atoms with E-state index < -0.39 is 0 Å². The van der Waals surface area contributed by atoms with Crippen LogP contribution in [0.25, 0.3) is 0 Å². The van der Waals surface area contributed by atoms with Crippen LogP contribution in [0, 0.1) is 5.92 Å². The fraction of sp³-hybridized carbons (Fsp3) is 0.250. The molecule has 0 bridgehead atoms. The van der Waals surface area contributed by atoms with Crippen molar-refractivity contribution in [2.24, 2.45) is 5.92 Å². The predicted molar refractivity (Wildman–Crippen MR) is 85.9 cm³/mol. The molecular weight excluding hydrogens is 315 g/mol. The lowest BCUT2D eigenvalue weighted by atomic mass is 9.93. The Morgan fingerprint density at radius 3 is 2.10 bits per heavy atom. The van der Waals surface area contributed by atoms with Crippen molar-refractivity contribution >= 4 is 34.8 Å². The number of aliphatic hydroxyl groups is 1. The van der Waals surface area contributed by atoms with Crippen LogP contribution in [-0.4, -0.2) is 11.7 Å². The average Bonchev–Trinajstić information content (AvgIpc) is 2.43. The molecule has 0 saturated carbocycles. The van der Waals surface area contributed by atoms with E-state index in [2.05, 4.69) is 0 Å². The van der Waals surface area contributed by atoms with Crippen LogP contribution in [0.2, 0.25) is 15.1 Å².